The van der Waals surface area contributed by atoms with Crippen LogP contribution in [0.1, 0.15) is 63.9 Å². The summed E-state index contributed by atoms with van der Waals surface area (Å²) in [6, 6.07) is 5.97. The SMILES string of the molecule is CCNC(=NCc1cccc(OC)c1OC1CCCC1)NCCCCCC(=O)OC.I. The Morgan fingerprint density at radius 2 is 1.90 bits per heavy atom. The fraction of sp³-hybridized carbons (Fsp3) is 0.652. The molecule has 1 aromatic rings. The summed E-state index contributed by atoms with van der Waals surface area (Å²) in [5.74, 6) is 2.21. The lowest BCUT2D eigenvalue weighted by Gasteiger charge is -2.19. The van der Waals surface area contributed by atoms with Gasteiger partial charge in [0.1, 0.15) is 0 Å². The smallest absolute Gasteiger partial charge is 0.305 e. The minimum Gasteiger partial charge on any atom is -0.493 e. The summed E-state index contributed by atoms with van der Waals surface area (Å²) in [5.41, 5.74) is 1.02. The molecular weight excluding hydrogens is 509 g/mol. The summed E-state index contributed by atoms with van der Waals surface area (Å²) in [7, 11) is 3.10. The topological polar surface area (TPSA) is 81.2 Å². The Morgan fingerprint density at radius 1 is 1.13 bits per heavy atom. The van der Waals surface area contributed by atoms with E-state index >= 15 is 0 Å². The van der Waals surface area contributed by atoms with E-state index in [0.29, 0.717) is 13.0 Å². The van der Waals surface area contributed by atoms with Crippen LogP contribution in [0.15, 0.2) is 23.2 Å². The lowest BCUT2D eigenvalue weighted by molar-refractivity contribution is -0.140. The highest BCUT2D eigenvalue weighted by Crippen LogP contribution is 2.35. The van der Waals surface area contributed by atoms with Crippen LogP contribution in [0.25, 0.3) is 0 Å². The Hall–Kier alpha value is -1.71. The number of rotatable bonds is 12. The molecule has 1 aliphatic carbocycles. The summed E-state index contributed by atoms with van der Waals surface area (Å²) in [5, 5.41) is 6.65. The molecule has 0 unspecified atom stereocenters. The van der Waals surface area contributed by atoms with E-state index in [1.54, 1.807) is 7.11 Å². The van der Waals surface area contributed by atoms with E-state index < -0.39 is 0 Å². The maximum absolute atomic E-state index is 11.2. The van der Waals surface area contributed by atoms with Crippen LogP contribution in [0.3, 0.4) is 0 Å². The molecule has 7 nitrogen and oxygen atoms in total. The molecule has 176 valence electrons. The van der Waals surface area contributed by atoms with Crippen molar-refractivity contribution in [2.45, 2.75) is 70.9 Å². The van der Waals surface area contributed by atoms with E-state index in [4.69, 9.17) is 14.5 Å². The van der Waals surface area contributed by atoms with Gasteiger partial charge in [-0.2, -0.15) is 0 Å². The number of carbonyl (C=O) groups excluding carboxylic acids is 1. The molecule has 1 aliphatic rings. The largest absolute Gasteiger partial charge is 0.493 e. The van der Waals surface area contributed by atoms with Gasteiger partial charge in [-0.25, -0.2) is 4.99 Å². The van der Waals surface area contributed by atoms with Gasteiger partial charge in [0.2, 0.25) is 0 Å². The third-order valence-electron chi connectivity index (χ3n) is 5.20. The van der Waals surface area contributed by atoms with Gasteiger partial charge in [-0.3, -0.25) is 4.79 Å². The molecule has 31 heavy (non-hydrogen) atoms. The zero-order chi connectivity index (χ0) is 21.6. The Kier molecular flexibility index (Phi) is 14.1. The summed E-state index contributed by atoms with van der Waals surface area (Å²) < 4.78 is 16.5. The molecule has 0 spiro atoms. The predicted octanol–water partition coefficient (Wildman–Crippen LogP) is 4.42. The second-order valence-corrected chi connectivity index (χ2v) is 7.48. The molecule has 0 aliphatic heterocycles. The third-order valence-corrected chi connectivity index (χ3v) is 5.20. The number of unbranched alkanes of at least 4 members (excludes halogenated alkanes) is 2. The zero-order valence-corrected chi connectivity index (χ0v) is 21.4. The van der Waals surface area contributed by atoms with Gasteiger partial charge in [0, 0.05) is 25.1 Å². The number of hydrogen-bond acceptors (Lipinski definition) is 5. The Morgan fingerprint density at radius 3 is 2.58 bits per heavy atom. The minimum absolute atomic E-state index is 0. The number of hydrogen-bond donors (Lipinski definition) is 2. The van der Waals surface area contributed by atoms with Crippen LogP contribution < -0.4 is 20.1 Å². The highest BCUT2D eigenvalue weighted by atomic mass is 127. The number of nitrogens with zero attached hydrogens (tertiary/aromatic N) is 1. The van der Waals surface area contributed by atoms with Gasteiger partial charge < -0.3 is 24.8 Å². The van der Waals surface area contributed by atoms with Gasteiger partial charge in [0.05, 0.1) is 26.9 Å². The molecule has 8 heteroatoms. The standard InChI is InChI=1S/C23H37N3O4.HI/c1-4-24-23(25-16-9-5-6-15-21(27)29-3)26-17-18-11-10-14-20(28-2)22(18)30-19-12-7-8-13-19;/h10-11,14,19H,4-9,12-13,15-17H2,1-3H3,(H2,24,25,26);1H. The van der Waals surface area contributed by atoms with E-state index in [-0.39, 0.29) is 36.0 Å². The van der Waals surface area contributed by atoms with Crippen LogP contribution in [0.2, 0.25) is 0 Å². The van der Waals surface area contributed by atoms with Crippen molar-refractivity contribution in [1.82, 2.24) is 10.6 Å². The fourth-order valence-corrected chi connectivity index (χ4v) is 3.54. The second-order valence-electron chi connectivity index (χ2n) is 7.48. The van der Waals surface area contributed by atoms with Crippen LogP contribution in [-0.2, 0) is 16.1 Å². The average Bonchev–Trinajstić information content (AvgIpc) is 3.27. The molecule has 0 radical (unpaired) electrons. The van der Waals surface area contributed by atoms with Crippen LogP contribution >= 0.6 is 24.0 Å². The first-order valence-electron chi connectivity index (χ1n) is 11.1. The number of ether oxygens (including phenoxy) is 3. The van der Waals surface area contributed by atoms with Crippen molar-refractivity contribution in [2.75, 3.05) is 27.3 Å². The first-order chi connectivity index (χ1) is 14.7. The summed E-state index contributed by atoms with van der Waals surface area (Å²) >= 11 is 0. The number of nitrogens with one attached hydrogen (secondary N) is 2. The first-order valence-corrected chi connectivity index (χ1v) is 11.1. The van der Waals surface area contributed by atoms with Crippen LogP contribution in [0.4, 0.5) is 0 Å². The number of aliphatic imine (C=N–C) groups is 1. The van der Waals surface area contributed by atoms with E-state index in [1.165, 1.54) is 20.0 Å². The van der Waals surface area contributed by atoms with Crippen molar-refractivity contribution in [3.8, 4) is 11.5 Å². The highest BCUT2D eigenvalue weighted by molar-refractivity contribution is 14.0. The van der Waals surface area contributed by atoms with E-state index in [1.807, 2.05) is 25.1 Å². The fourth-order valence-electron chi connectivity index (χ4n) is 3.54. The molecule has 1 fully saturated rings. The quantitative estimate of drug-likeness (QED) is 0.133. The van der Waals surface area contributed by atoms with Gasteiger partial charge in [-0.05, 0) is 51.5 Å². The molecule has 0 atom stereocenters. The van der Waals surface area contributed by atoms with Crippen molar-refractivity contribution in [3.05, 3.63) is 23.8 Å². The maximum Gasteiger partial charge on any atom is 0.305 e. The van der Waals surface area contributed by atoms with Gasteiger partial charge in [0.25, 0.3) is 0 Å². The average molecular weight is 547 g/mol. The van der Waals surface area contributed by atoms with E-state index in [2.05, 4.69) is 15.4 Å². The molecule has 1 aromatic carbocycles. The van der Waals surface area contributed by atoms with Crippen molar-refractivity contribution >= 4 is 35.9 Å². The molecule has 2 rings (SSSR count). The number of benzene rings is 1. The molecule has 0 bridgehead atoms. The van der Waals surface area contributed by atoms with Gasteiger partial charge in [0.15, 0.2) is 17.5 Å². The number of esters is 1. The minimum atomic E-state index is -0.147. The molecule has 0 aromatic heterocycles. The van der Waals surface area contributed by atoms with Gasteiger partial charge in [-0.15, -0.1) is 24.0 Å². The molecule has 2 N–H and O–H groups in total. The normalized spacial score (nSPS) is 14.0. The van der Waals surface area contributed by atoms with E-state index in [9.17, 15) is 4.79 Å². The van der Waals surface area contributed by atoms with Crippen molar-refractivity contribution in [3.63, 3.8) is 0 Å². The second kappa shape index (κ2) is 16.0. The van der Waals surface area contributed by atoms with Crippen LogP contribution in [0, 0.1) is 0 Å². The van der Waals surface area contributed by atoms with Crippen molar-refractivity contribution in [1.29, 1.82) is 0 Å². The Balaban J connectivity index is 0.00000480. The highest BCUT2D eigenvalue weighted by Gasteiger charge is 2.20. The number of methoxy groups -OCH3 is 2. The predicted molar refractivity (Wildman–Crippen MR) is 135 cm³/mol. The van der Waals surface area contributed by atoms with E-state index in [0.717, 1.165) is 68.2 Å². The zero-order valence-electron chi connectivity index (χ0n) is 19.1. The number of guanidine groups is 1. The Labute approximate surface area is 203 Å². The van der Waals surface area contributed by atoms with Gasteiger partial charge >= 0.3 is 5.97 Å². The maximum atomic E-state index is 11.2. The molecule has 0 amide bonds. The molecular formula is C23H38IN3O4. The number of carbonyl (C=O) groups is 1. The Bertz CT molecular complexity index is 679. The van der Waals surface area contributed by atoms with Crippen LogP contribution in [-0.4, -0.2) is 45.3 Å². The van der Waals surface area contributed by atoms with Crippen LogP contribution in [0.5, 0.6) is 11.5 Å². The lowest BCUT2D eigenvalue weighted by atomic mass is 10.1. The lowest BCUT2D eigenvalue weighted by Crippen LogP contribution is -2.37. The van der Waals surface area contributed by atoms with Gasteiger partial charge in [-0.1, -0.05) is 18.6 Å². The summed E-state index contributed by atoms with van der Waals surface area (Å²) in [6.07, 6.45) is 8.16. The number of para-hydroxylation sites is 1. The summed E-state index contributed by atoms with van der Waals surface area (Å²) in [6.45, 7) is 4.15. The molecule has 0 saturated heterocycles. The first kappa shape index (κ1) is 27.3. The monoisotopic (exact) mass is 547 g/mol. The molecule has 0 heterocycles. The summed E-state index contributed by atoms with van der Waals surface area (Å²) in [4.78, 5) is 15.9. The molecule has 1 saturated carbocycles. The number of halogens is 1. The van der Waals surface area contributed by atoms with Crippen molar-refractivity contribution in [2.24, 2.45) is 4.99 Å². The third kappa shape index (κ3) is 9.97. The van der Waals surface area contributed by atoms with Crippen molar-refractivity contribution < 1.29 is 19.0 Å².